The van der Waals surface area contributed by atoms with Gasteiger partial charge in [0.05, 0.1) is 26.7 Å². The molecule has 16 heavy (non-hydrogen) atoms. The zero-order valence-electron chi connectivity index (χ0n) is 7.94. The molecular weight excluding hydrogens is 391 g/mol. The van der Waals surface area contributed by atoms with E-state index in [1.165, 1.54) is 6.07 Å². The van der Waals surface area contributed by atoms with E-state index in [1.807, 2.05) is 28.7 Å². The van der Waals surface area contributed by atoms with Crippen LogP contribution < -0.4 is 4.74 Å². The third-order valence-electron chi connectivity index (χ3n) is 1.67. The van der Waals surface area contributed by atoms with Gasteiger partial charge in [0, 0.05) is 11.4 Å². The van der Waals surface area contributed by atoms with Gasteiger partial charge in [-0.05, 0) is 28.7 Å². The Hall–Kier alpha value is -0.880. The molecule has 1 rings (SSSR count). The Morgan fingerprint density at radius 1 is 1.62 bits per heavy atom. The van der Waals surface area contributed by atoms with Crippen molar-refractivity contribution in [2.24, 2.45) is 0 Å². The number of nitrogens with zero attached hydrogens (tertiary/aromatic N) is 2. The average Bonchev–Trinajstić information content (AvgIpc) is 2.26. The number of nitro benzene ring substituents is 1. The molecule has 0 heterocycles. The van der Waals surface area contributed by atoms with E-state index in [0.717, 1.165) is 0 Å². The Morgan fingerprint density at radius 2 is 2.31 bits per heavy atom. The molecule has 7 heteroatoms. The summed E-state index contributed by atoms with van der Waals surface area (Å²) in [5.41, 5.74) is 0.0756. The van der Waals surface area contributed by atoms with Gasteiger partial charge < -0.3 is 4.74 Å². The summed E-state index contributed by atoms with van der Waals surface area (Å²) in [6, 6.07) is 4.64. The maximum absolute atomic E-state index is 10.8. The quantitative estimate of drug-likeness (QED) is 0.339. The Morgan fingerprint density at radius 3 is 2.81 bits per heavy atom. The lowest BCUT2D eigenvalue weighted by Crippen LogP contribution is -2.03. The summed E-state index contributed by atoms with van der Waals surface area (Å²) in [4.78, 5) is 10.3. The van der Waals surface area contributed by atoms with E-state index in [2.05, 4.69) is 15.9 Å². The normalized spacial score (nSPS) is 9.56. The van der Waals surface area contributed by atoms with E-state index in [-0.39, 0.29) is 17.0 Å². The first-order valence-electron chi connectivity index (χ1n) is 4.17. The second-order valence-corrected chi connectivity index (χ2v) is 4.67. The minimum atomic E-state index is -0.549. The van der Waals surface area contributed by atoms with Crippen molar-refractivity contribution in [3.63, 3.8) is 0 Å². The summed E-state index contributed by atoms with van der Waals surface area (Å²) in [6.07, 6.45) is 0. The smallest absolute Gasteiger partial charge is 0.313 e. The number of halogens is 2. The van der Waals surface area contributed by atoms with E-state index in [1.54, 1.807) is 6.07 Å². The third-order valence-corrected chi connectivity index (χ3v) is 2.80. The molecule has 0 aromatic heterocycles. The predicted octanol–water partition coefficient (Wildman–Crippen LogP) is 2.84. The fourth-order valence-corrected chi connectivity index (χ4v) is 1.99. The molecule has 0 amide bonds. The molecule has 0 spiro atoms. The molecule has 5 nitrogen and oxygen atoms in total. The SMILES string of the molecule is N#Cc1cc(I)c(OCCBr)c([N+](=O)[O-])c1. The van der Waals surface area contributed by atoms with Gasteiger partial charge in [0.2, 0.25) is 5.75 Å². The molecule has 0 bridgehead atoms. The van der Waals surface area contributed by atoms with E-state index in [4.69, 9.17) is 10.00 Å². The first-order valence-corrected chi connectivity index (χ1v) is 6.37. The summed E-state index contributed by atoms with van der Waals surface area (Å²) in [7, 11) is 0. The van der Waals surface area contributed by atoms with Crippen molar-refractivity contribution >= 4 is 44.2 Å². The third kappa shape index (κ3) is 3.05. The molecule has 0 atom stereocenters. The number of hydrogen-bond acceptors (Lipinski definition) is 4. The fourth-order valence-electron chi connectivity index (χ4n) is 1.06. The second kappa shape index (κ2) is 6.00. The number of alkyl halides is 1. The van der Waals surface area contributed by atoms with Gasteiger partial charge in [0.15, 0.2) is 0 Å². The van der Waals surface area contributed by atoms with Gasteiger partial charge in [0.25, 0.3) is 0 Å². The molecule has 1 aromatic rings. The molecule has 0 saturated carbocycles. The van der Waals surface area contributed by atoms with Crippen LogP contribution in [-0.4, -0.2) is 16.9 Å². The highest BCUT2D eigenvalue weighted by Gasteiger charge is 2.20. The van der Waals surface area contributed by atoms with Crippen LogP contribution in [0.15, 0.2) is 12.1 Å². The molecule has 0 aliphatic rings. The van der Waals surface area contributed by atoms with Crippen LogP contribution >= 0.6 is 38.5 Å². The molecule has 0 unspecified atom stereocenters. The Kier molecular flexibility index (Phi) is 4.95. The van der Waals surface area contributed by atoms with Crippen LogP contribution in [0.5, 0.6) is 5.75 Å². The van der Waals surface area contributed by atoms with E-state index >= 15 is 0 Å². The lowest BCUT2D eigenvalue weighted by molar-refractivity contribution is -0.386. The maximum Gasteiger partial charge on any atom is 0.313 e. The monoisotopic (exact) mass is 396 g/mol. The molecule has 0 fully saturated rings. The Labute approximate surface area is 114 Å². The highest BCUT2D eigenvalue weighted by molar-refractivity contribution is 14.1. The number of ether oxygens (including phenoxy) is 1. The van der Waals surface area contributed by atoms with Crippen molar-refractivity contribution in [1.29, 1.82) is 5.26 Å². The van der Waals surface area contributed by atoms with E-state index in [9.17, 15) is 10.1 Å². The predicted molar refractivity (Wildman–Crippen MR) is 69.8 cm³/mol. The van der Waals surface area contributed by atoms with Gasteiger partial charge in [-0.2, -0.15) is 5.26 Å². The minimum absolute atomic E-state index is 0.176. The van der Waals surface area contributed by atoms with Crippen molar-refractivity contribution in [2.45, 2.75) is 0 Å². The number of benzene rings is 1. The lowest BCUT2D eigenvalue weighted by Gasteiger charge is -2.07. The van der Waals surface area contributed by atoms with E-state index in [0.29, 0.717) is 15.5 Å². The van der Waals surface area contributed by atoms with Crippen LogP contribution in [0.3, 0.4) is 0 Å². The summed E-state index contributed by atoms with van der Waals surface area (Å²) in [5, 5.41) is 20.1. The van der Waals surface area contributed by atoms with Crippen LogP contribution in [0.1, 0.15) is 5.56 Å². The molecule has 0 aliphatic carbocycles. The molecule has 0 radical (unpaired) electrons. The van der Waals surface area contributed by atoms with Crippen LogP contribution in [0.25, 0.3) is 0 Å². The van der Waals surface area contributed by atoms with E-state index < -0.39 is 4.92 Å². The highest BCUT2D eigenvalue weighted by Crippen LogP contribution is 2.33. The summed E-state index contributed by atoms with van der Waals surface area (Å²) in [6.45, 7) is 0.336. The van der Waals surface area contributed by atoms with Crippen molar-refractivity contribution < 1.29 is 9.66 Å². The first kappa shape index (κ1) is 13.2. The second-order valence-electron chi connectivity index (χ2n) is 2.71. The summed E-state index contributed by atoms with van der Waals surface area (Å²) < 4.78 is 5.83. The van der Waals surface area contributed by atoms with Gasteiger partial charge >= 0.3 is 5.69 Å². The van der Waals surface area contributed by atoms with Crippen molar-refractivity contribution in [3.05, 3.63) is 31.4 Å². The maximum atomic E-state index is 10.8. The minimum Gasteiger partial charge on any atom is -0.485 e. The topological polar surface area (TPSA) is 76.2 Å². The van der Waals surface area contributed by atoms with Crippen LogP contribution in [0.2, 0.25) is 0 Å². The molecule has 0 N–H and O–H groups in total. The van der Waals surface area contributed by atoms with Crippen LogP contribution in [-0.2, 0) is 0 Å². The average molecular weight is 397 g/mol. The van der Waals surface area contributed by atoms with Crippen LogP contribution in [0.4, 0.5) is 5.69 Å². The summed E-state index contributed by atoms with van der Waals surface area (Å²) >= 11 is 5.08. The largest absolute Gasteiger partial charge is 0.485 e. The highest BCUT2D eigenvalue weighted by atomic mass is 127. The van der Waals surface area contributed by atoms with Crippen molar-refractivity contribution in [1.82, 2.24) is 0 Å². The molecule has 0 saturated heterocycles. The number of rotatable bonds is 4. The molecule has 0 aliphatic heterocycles. The Balaban J connectivity index is 3.24. The first-order chi connectivity index (χ1) is 7.60. The zero-order valence-corrected chi connectivity index (χ0v) is 11.7. The molecule has 84 valence electrons. The molecule has 1 aromatic carbocycles. The Bertz CT molecular complexity index is 459. The number of hydrogen-bond donors (Lipinski definition) is 0. The van der Waals surface area contributed by atoms with Gasteiger partial charge in [0.1, 0.15) is 0 Å². The van der Waals surface area contributed by atoms with Gasteiger partial charge in [-0.25, -0.2) is 0 Å². The number of nitro groups is 1. The van der Waals surface area contributed by atoms with Crippen molar-refractivity contribution in [3.8, 4) is 11.8 Å². The zero-order chi connectivity index (χ0) is 12.1. The molecular formula is C9H6BrIN2O3. The lowest BCUT2D eigenvalue weighted by atomic mass is 10.2. The van der Waals surface area contributed by atoms with Gasteiger partial charge in [-0.3, -0.25) is 10.1 Å². The van der Waals surface area contributed by atoms with Gasteiger partial charge in [-0.1, -0.05) is 15.9 Å². The van der Waals surface area contributed by atoms with Gasteiger partial charge in [-0.15, -0.1) is 0 Å². The number of nitriles is 1. The van der Waals surface area contributed by atoms with Crippen LogP contribution in [0, 0.1) is 25.0 Å². The standard InChI is InChI=1S/C9H6BrIN2O3/c10-1-2-16-9-7(11)3-6(5-12)4-8(9)13(14)15/h3-4H,1-2H2. The van der Waals surface area contributed by atoms with Crippen molar-refractivity contribution in [2.75, 3.05) is 11.9 Å². The fraction of sp³-hybridized carbons (Fsp3) is 0.222. The summed E-state index contributed by atoms with van der Waals surface area (Å²) in [5.74, 6) is 0.212.